The summed E-state index contributed by atoms with van der Waals surface area (Å²) in [5, 5.41) is 8.60. The highest BCUT2D eigenvalue weighted by atomic mass is 79.9. The Hall–Kier alpha value is -1.81. The molecule has 25 heavy (non-hydrogen) atoms. The molecule has 6 nitrogen and oxygen atoms in total. The van der Waals surface area contributed by atoms with Gasteiger partial charge in [0.25, 0.3) is 0 Å². The van der Waals surface area contributed by atoms with Crippen LogP contribution in [0.15, 0.2) is 57.9 Å². The molecule has 9 heteroatoms. The zero-order valence-electron chi connectivity index (χ0n) is 13.0. The van der Waals surface area contributed by atoms with E-state index >= 15 is 0 Å². The first-order chi connectivity index (χ1) is 11.8. The van der Waals surface area contributed by atoms with Gasteiger partial charge in [-0.05, 0) is 42.0 Å². The minimum absolute atomic E-state index is 0.0304. The Bertz CT molecular complexity index is 826. The number of carbonyl (C=O) groups is 1. The largest absolute Gasteiger partial charge is 0.289 e. The lowest BCUT2D eigenvalue weighted by Gasteiger charge is -2.22. The van der Waals surface area contributed by atoms with Crippen LogP contribution in [0.25, 0.3) is 0 Å². The molecule has 0 unspecified atom stereocenters. The van der Waals surface area contributed by atoms with Gasteiger partial charge in [0.15, 0.2) is 0 Å². The highest BCUT2D eigenvalue weighted by Crippen LogP contribution is 2.21. The summed E-state index contributed by atoms with van der Waals surface area (Å²) in [6, 6.07) is 11.5. The molecule has 2 N–H and O–H groups in total. The van der Waals surface area contributed by atoms with E-state index in [1.807, 2.05) is 0 Å². The molecule has 0 spiro atoms. The number of halogens is 2. The number of rotatable bonds is 7. The maximum atomic E-state index is 13.0. The zero-order valence-corrected chi connectivity index (χ0v) is 15.4. The second kappa shape index (κ2) is 8.52. The minimum atomic E-state index is -3.87. The minimum Gasteiger partial charge on any atom is -0.289 e. The quantitative estimate of drug-likeness (QED) is 0.522. The van der Waals surface area contributed by atoms with Crippen LogP contribution in [0.2, 0.25) is 0 Å². The standard InChI is InChI=1S/C16H16BrFN2O4S/c17-13-3-7-15(8-4-13)25(23,24)20(10-9-16(21)19-22)11-12-1-5-14(18)6-2-12/h1-8,22H,9-11H2,(H,19,21). The van der Waals surface area contributed by atoms with E-state index in [0.717, 1.165) is 8.78 Å². The summed E-state index contributed by atoms with van der Waals surface area (Å²) in [5.74, 6) is -1.12. The Kier molecular flexibility index (Phi) is 6.65. The number of nitrogens with zero attached hydrogens (tertiary/aromatic N) is 1. The van der Waals surface area contributed by atoms with Gasteiger partial charge in [0.2, 0.25) is 15.9 Å². The molecule has 1 amide bonds. The number of amides is 1. The van der Waals surface area contributed by atoms with Gasteiger partial charge >= 0.3 is 0 Å². The van der Waals surface area contributed by atoms with Crippen molar-refractivity contribution in [1.82, 2.24) is 9.79 Å². The van der Waals surface area contributed by atoms with E-state index in [0.29, 0.717) is 5.56 Å². The van der Waals surface area contributed by atoms with E-state index in [4.69, 9.17) is 5.21 Å². The van der Waals surface area contributed by atoms with E-state index in [1.165, 1.54) is 41.9 Å². The third-order valence-electron chi connectivity index (χ3n) is 3.44. The highest BCUT2D eigenvalue weighted by molar-refractivity contribution is 9.10. The number of carbonyl (C=O) groups excluding carboxylic acids is 1. The molecular formula is C16H16BrFN2O4S. The molecule has 0 aliphatic heterocycles. The molecule has 0 saturated heterocycles. The first kappa shape index (κ1) is 19.5. The predicted molar refractivity (Wildman–Crippen MR) is 92.7 cm³/mol. The molecule has 0 atom stereocenters. The Labute approximate surface area is 153 Å². The monoisotopic (exact) mass is 430 g/mol. The second-order valence-corrected chi connectivity index (χ2v) is 8.06. The summed E-state index contributed by atoms with van der Waals surface area (Å²) < 4.78 is 40.6. The van der Waals surface area contributed by atoms with Crippen molar-refractivity contribution in [2.75, 3.05) is 6.54 Å². The third kappa shape index (κ3) is 5.33. The van der Waals surface area contributed by atoms with Crippen molar-refractivity contribution < 1.29 is 22.8 Å². The van der Waals surface area contributed by atoms with Gasteiger partial charge in [-0.15, -0.1) is 0 Å². The van der Waals surface area contributed by atoms with Crippen molar-refractivity contribution in [3.63, 3.8) is 0 Å². The van der Waals surface area contributed by atoms with Gasteiger partial charge < -0.3 is 0 Å². The van der Waals surface area contributed by atoms with Crippen LogP contribution in [0.5, 0.6) is 0 Å². The lowest BCUT2D eigenvalue weighted by Crippen LogP contribution is -2.34. The van der Waals surface area contributed by atoms with Crippen LogP contribution in [0.4, 0.5) is 4.39 Å². The van der Waals surface area contributed by atoms with Gasteiger partial charge in [0.05, 0.1) is 4.90 Å². The molecule has 134 valence electrons. The highest BCUT2D eigenvalue weighted by Gasteiger charge is 2.25. The fourth-order valence-electron chi connectivity index (χ4n) is 2.12. The van der Waals surface area contributed by atoms with E-state index in [2.05, 4.69) is 15.9 Å². The first-order valence-corrected chi connectivity index (χ1v) is 9.49. The van der Waals surface area contributed by atoms with Crippen molar-refractivity contribution in [2.24, 2.45) is 0 Å². The van der Waals surface area contributed by atoms with Crippen molar-refractivity contribution in [2.45, 2.75) is 17.9 Å². The molecule has 0 bridgehead atoms. The smallest absolute Gasteiger partial charge is 0.244 e. The molecular weight excluding hydrogens is 415 g/mol. The lowest BCUT2D eigenvalue weighted by molar-refractivity contribution is -0.129. The molecule has 0 fully saturated rings. The molecule has 0 aromatic heterocycles. The zero-order chi connectivity index (χ0) is 18.4. The van der Waals surface area contributed by atoms with Crippen molar-refractivity contribution in [1.29, 1.82) is 0 Å². The Balaban J connectivity index is 2.30. The van der Waals surface area contributed by atoms with Gasteiger partial charge in [-0.25, -0.2) is 18.3 Å². The summed E-state index contributed by atoms with van der Waals surface area (Å²) >= 11 is 3.24. The molecule has 0 saturated carbocycles. The van der Waals surface area contributed by atoms with E-state index in [-0.39, 0.29) is 24.4 Å². The van der Waals surface area contributed by atoms with Crippen LogP contribution in [-0.2, 0) is 21.4 Å². The fraction of sp³-hybridized carbons (Fsp3) is 0.188. The number of sulfonamides is 1. The summed E-state index contributed by atoms with van der Waals surface area (Å²) in [6.45, 7) is -0.167. The number of hydrogen-bond acceptors (Lipinski definition) is 4. The van der Waals surface area contributed by atoms with E-state index < -0.39 is 21.7 Å². The average molecular weight is 431 g/mol. The molecule has 0 aliphatic rings. The first-order valence-electron chi connectivity index (χ1n) is 7.26. The van der Waals surface area contributed by atoms with Gasteiger partial charge in [-0.3, -0.25) is 10.0 Å². The van der Waals surface area contributed by atoms with Gasteiger partial charge in [-0.2, -0.15) is 4.31 Å². The SMILES string of the molecule is O=C(CCN(Cc1ccc(F)cc1)S(=O)(=O)c1ccc(Br)cc1)NO. The van der Waals surface area contributed by atoms with E-state index in [9.17, 15) is 17.6 Å². The number of benzene rings is 2. The fourth-order valence-corrected chi connectivity index (χ4v) is 3.81. The van der Waals surface area contributed by atoms with Crippen LogP contribution in [-0.4, -0.2) is 30.4 Å². The predicted octanol–water partition coefficient (Wildman–Crippen LogP) is 2.67. The summed E-state index contributed by atoms with van der Waals surface area (Å²) in [7, 11) is -3.87. The Morgan fingerprint density at radius 3 is 2.28 bits per heavy atom. The van der Waals surface area contributed by atoms with Crippen LogP contribution >= 0.6 is 15.9 Å². The maximum absolute atomic E-state index is 13.0. The van der Waals surface area contributed by atoms with Crippen LogP contribution in [0.1, 0.15) is 12.0 Å². The molecule has 2 aromatic rings. The average Bonchev–Trinajstić information content (AvgIpc) is 2.60. The molecule has 2 aromatic carbocycles. The maximum Gasteiger partial charge on any atom is 0.244 e. The third-order valence-corrected chi connectivity index (χ3v) is 5.82. The molecule has 0 radical (unpaired) electrons. The Morgan fingerprint density at radius 2 is 1.72 bits per heavy atom. The lowest BCUT2D eigenvalue weighted by atomic mass is 10.2. The van der Waals surface area contributed by atoms with E-state index in [1.54, 1.807) is 12.1 Å². The summed E-state index contributed by atoms with van der Waals surface area (Å²) in [5.41, 5.74) is 2.05. The van der Waals surface area contributed by atoms with Crippen LogP contribution < -0.4 is 5.48 Å². The van der Waals surface area contributed by atoms with Gasteiger partial charge in [0.1, 0.15) is 5.82 Å². The molecule has 0 aliphatic carbocycles. The Morgan fingerprint density at radius 1 is 1.12 bits per heavy atom. The normalized spacial score (nSPS) is 11.5. The summed E-state index contributed by atoms with van der Waals surface area (Å²) in [4.78, 5) is 11.4. The van der Waals surface area contributed by atoms with Gasteiger partial charge in [-0.1, -0.05) is 28.1 Å². The number of hydroxylamine groups is 1. The summed E-state index contributed by atoms with van der Waals surface area (Å²) in [6.07, 6.45) is -0.215. The van der Waals surface area contributed by atoms with Crippen molar-refractivity contribution >= 4 is 31.9 Å². The van der Waals surface area contributed by atoms with Crippen LogP contribution in [0, 0.1) is 5.82 Å². The number of hydrogen-bond donors (Lipinski definition) is 2. The van der Waals surface area contributed by atoms with Crippen LogP contribution in [0.3, 0.4) is 0 Å². The van der Waals surface area contributed by atoms with Crippen molar-refractivity contribution in [3.05, 3.63) is 64.4 Å². The topological polar surface area (TPSA) is 86.7 Å². The van der Waals surface area contributed by atoms with Crippen molar-refractivity contribution in [3.8, 4) is 0 Å². The molecule has 0 heterocycles. The number of nitrogens with one attached hydrogen (secondary N) is 1. The second-order valence-electron chi connectivity index (χ2n) is 5.20. The molecule has 2 rings (SSSR count). The van der Waals surface area contributed by atoms with Gasteiger partial charge in [0, 0.05) is 24.0 Å².